The number of rotatable bonds is 3. The van der Waals surface area contributed by atoms with Crippen LogP contribution < -0.4 is 10.5 Å². The molecule has 88 valence electrons. The molecule has 1 aromatic carbocycles. The lowest BCUT2D eigenvalue weighted by Gasteiger charge is -2.24. The molecule has 0 bridgehead atoms. The van der Waals surface area contributed by atoms with Crippen LogP contribution in [0, 0.1) is 20.8 Å². The molecule has 0 spiro atoms. The predicted molar refractivity (Wildman–Crippen MR) is 64.6 cm³/mol. The largest absolute Gasteiger partial charge is 0.478 e. The highest BCUT2D eigenvalue weighted by molar-refractivity contribution is 5.82. The number of primary amides is 1. The number of carbonyl (C=O) groups excluding carboxylic acids is 1. The van der Waals surface area contributed by atoms with Crippen molar-refractivity contribution in [3.8, 4) is 5.75 Å². The SMILES string of the molecule is Cc1cc(C)c(C)c(OC(C)(C)C(N)=O)c1. The average Bonchev–Trinajstić information content (AvgIpc) is 2.12. The van der Waals surface area contributed by atoms with Gasteiger partial charge in [0.05, 0.1) is 0 Å². The maximum absolute atomic E-state index is 11.2. The van der Waals surface area contributed by atoms with E-state index in [1.165, 1.54) is 0 Å². The molecule has 0 heterocycles. The lowest BCUT2D eigenvalue weighted by Crippen LogP contribution is -2.43. The summed E-state index contributed by atoms with van der Waals surface area (Å²) in [4.78, 5) is 11.2. The smallest absolute Gasteiger partial charge is 0.261 e. The van der Waals surface area contributed by atoms with Gasteiger partial charge in [0.2, 0.25) is 0 Å². The van der Waals surface area contributed by atoms with Crippen molar-refractivity contribution in [3.63, 3.8) is 0 Å². The zero-order valence-corrected chi connectivity index (χ0v) is 10.5. The number of nitrogens with two attached hydrogens (primary N) is 1. The molecule has 3 heteroatoms. The lowest BCUT2D eigenvalue weighted by atomic mass is 10.0. The Labute approximate surface area is 96.6 Å². The Balaban J connectivity index is 3.11. The Hall–Kier alpha value is -1.51. The van der Waals surface area contributed by atoms with Crippen molar-refractivity contribution in [3.05, 3.63) is 28.8 Å². The molecule has 1 amide bonds. The number of ether oxygens (including phenoxy) is 1. The molecule has 0 radical (unpaired) electrons. The van der Waals surface area contributed by atoms with E-state index >= 15 is 0 Å². The first kappa shape index (κ1) is 12.6. The van der Waals surface area contributed by atoms with Gasteiger partial charge in [-0.2, -0.15) is 0 Å². The summed E-state index contributed by atoms with van der Waals surface area (Å²) in [6.07, 6.45) is 0. The van der Waals surface area contributed by atoms with Crippen molar-refractivity contribution in [2.75, 3.05) is 0 Å². The Morgan fingerprint density at radius 1 is 1.25 bits per heavy atom. The minimum atomic E-state index is -0.981. The van der Waals surface area contributed by atoms with Crippen LogP contribution in [0.2, 0.25) is 0 Å². The van der Waals surface area contributed by atoms with Crippen LogP contribution in [0.1, 0.15) is 30.5 Å². The van der Waals surface area contributed by atoms with Crippen LogP contribution in [-0.4, -0.2) is 11.5 Å². The van der Waals surface area contributed by atoms with E-state index in [0.29, 0.717) is 0 Å². The molecule has 1 aromatic rings. The molecule has 1 rings (SSSR count). The van der Waals surface area contributed by atoms with Crippen molar-refractivity contribution in [2.24, 2.45) is 5.73 Å². The summed E-state index contributed by atoms with van der Waals surface area (Å²) < 4.78 is 5.68. The molecule has 0 atom stereocenters. The monoisotopic (exact) mass is 221 g/mol. The maximum atomic E-state index is 11.2. The van der Waals surface area contributed by atoms with E-state index in [4.69, 9.17) is 10.5 Å². The summed E-state index contributed by atoms with van der Waals surface area (Å²) in [5.74, 6) is 0.257. The molecule has 0 saturated carbocycles. The van der Waals surface area contributed by atoms with E-state index in [0.717, 1.165) is 22.4 Å². The van der Waals surface area contributed by atoms with Crippen molar-refractivity contribution >= 4 is 5.91 Å². The van der Waals surface area contributed by atoms with Gasteiger partial charge in [-0.05, 0) is 57.4 Å². The second-order valence-corrected chi connectivity index (χ2v) is 4.68. The minimum absolute atomic E-state index is 0.467. The Kier molecular flexibility index (Phi) is 3.27. The third-order valence-corrected chi connectivity index (χ3v) is 2.72. The Morgan fingerprint density at radius 2 is 1.81 bits per heavy atom. The average molecular weight is 221 g/mol. The zero-order chi connectivity index (χ0) is 12.5. The molecule has 0 aromatic heterocycles. The second kappa shape index (κ2) is 4.16. The minimum Gasteiger partial charge on any atom is -0.478 e. The number of carbonyl (C=O) groups is 1. The molecule has 0 aliphatic heterocycles. The van der Waals surface area contributed by atoms with E-state index in [-0.39, 0.29) is 0 Å². The summed E-state index contributed by atoms with van der Waals surface area (Å²) in [6.45, 7) is 9.34. The summed E-state index contributed by atoms with van der Waals surface area (Å²) in [5, 5.41) is 0. The molecule has 0 aliphatic rings. The van der Waals surface area contributed by atoms with Crippen LogP contribution in [0.15, 0.2) is 12.1 Å². The van der Waals surface area contributed by atoms with Gasteiger partial charge in [0.25, 0.3) is 5.91 Å². The fourth-order valence-corrected chi connectivity index (χ4v) is 1.43. The molecule has 0 fully saturated rings. The molecule has 16 heavy (non-hydrogen) atoms. The number of aryl methyl sites for hydroxylation is 2. The Bertz CT molecular complexity index is 422. The summed E-state index contributed by atoms with van der Waals surface area (Å²) in [6, 6.07) is 4.01. The third-order valence-electron chi connectivity index (χ3n) is 2.72. The highest BCUT2D eigenvalue weighted by atomic mass is 16.5. The van der Waals surface area contributed by atoms with E-state index in [9.17, 15) is 4.79 Å². The van der Waals surface area contributed by atoms with E-state index in [1.54, 1.807) is 13.8 Å². The molecule has 2 N–H and O–H groups in total. The van der Waals surface area contributed by atoms with Gasteiger partial charge >= 0.3 is 0 Å². The normalized spacial score (nSPS) is 11.3. The van der Waals surface area contributed by atoms with Crippen LogP contribution in [0.5, 0.6) is 5.75 Å². The van der Waals surface area contributed by atoms with Gasteiger partial charge in [0.15, 0.2) is 5.60 Å². The van der Waals surface area contributed by atoms with Crippen LogP contribution >= 0.6 is 0 Å². The van der Waals surface area contributed by atoms with Crippen molar-refractivity contribution in [2.45, 2.75) is 40.2 Å². The fraction of sp³-hybridized carbons (Fsp3) is 0.462. The van der Waals surface area contributed by atoms with Crippen molar-refractivity contribution < 1.29 is 9.53 Å². The lowest BCUT2D eigenvalue weighted by molar-refractivity contribution is -0.130. The maximum Gasteiger partial charge on any atom is 0.261 e. The molecular formula is C13H19NO2. The molecule has 0 saturated heterocycles. The number of benzene rings is 1. The van der Waals surface area contributed by atoms with E-state index in [1.807, 2.05) is 26.8 Å². The summed E-state index contributed by atoms with van der Waals surface area (Å²) in [7, 11) is 0. The highest BCUT2D eigenvalue weighted by Crippen LogP contribution is 2.26. The molecular weight excluding hydrogens is 202 g/mol. The summed E-state index contributed by atoms with van der Waals surface area (Å²) >= 11 is 0. The first-order valence-electron chi connectivity index (χ1n) is 5.31. The van der Waals surface area contributed by atoms with E-state index < -0.39 is 11.5 Å². The van der Waals surface area contributed by atoms with Gasteiger partial charge in [-0.3, -0.25) is 4.79 Å². The van der Waals surface area contributed by atoms with Crippen molar-refractivity contribution in [1.29, 1.82) is 0 Å². The fourth-order valence-electron chi connectivity index (χ4n) is 1.43. The number of amides is 1. The first-order valence-corrected chi connectivity index (χ1v) is 5.31. The number of hydrogen-bond acceptors (Lipinski definition) is 2. The van der Waals surface area contributed by atoms with Crippen LogP contribution in [-0.2, 0) is 4.79 Å². The van der Waals surface area contributed by atoms with Gasteiger partial charge in [-0.15, -0.1) is 0 Å². The topological polar surface area (TPSA) is 52.3 Å². The van der Waals surface area contributed by atoms with Gasteiger partial charge in [0.1, 0.15) is 5.75 Å². The van der Waals surface area contributed by atoms with Crippen LogP contribution in [0.3, 0.4) is 0 Å². The summed E-state index contributed by atoms with van der Waals surface area (Å²) in [5.41, 5.74) is 7.60. The highest BCUT2D eigenvalue weighted by Gasteiger charge is 2.27. The van der Waals surface area contributed by atoms with Gasteiger partial charge in [-0.25, -0.2) is 0 Å². The molecule has 0 aliphatic carbocycles. The standard InChI is InChI=1S/C13H19NO2/c1-8-6-9(2)10(3)11(7-8)16-13(4,5)12(14)15/h6-7H,1-5H3,(H2,14,15). The van der Waals surface area contributed by atoms with Gasteiger partial charge in [-0.1, -0.05) is 6.07 Å². The van der Waals surface area contributed by atoms with E-state index in [2.05, 4.69) is 6.07 Å². The number of hydrogen-bond donors (Lipinski definition) is 1. The van der Waals surface area contributed by atoms with Crippen LogP contribution in [0.25, 0.3) is 0 Å². The zero-order valence-electron chi connectivity index (χ0n) is 10.5. The molecule has 0 unspecified atom stereocenters. The molecule has 3 nitrogen and oxygen atoms in total. The van der Waals surface area contributed by atoms with Crippen molar-refractivity contribution in [1.82, 2.24) is 0 Å². The Morgan fingerprint density at radius 3 is 2.31 bits per heavy atom. The first-order chi connectivity index (χ1) is 7.24. The van der Waals surface area contributed by atoms with Crippen LogP contribution in [0.4, 0.5) is 0 Å². The quantitative estimate of drug-likeness (QED) is 0.851. The second-order valence-electron chi connectivity index (χ2n) is 4.68. The van der Waals surface area contributed by atoms with Gasteiger partial charge in [0, 0.05) is 0 Å². The van der Waals surface area contributed by atoms with Gasteiger partial charge < -0.3 is 10.5 Å². The third kappa shape index (κ3) is 2.54. The predicted octanol–water partition coefficient (Wildman–Crippen LogP) is 2.25.